The largest absolute Gasteiger partial charge is 0.261 e. The van der Waals surface area contributed by atoms with Crippen molar-refractivity contribution >= 4 is 0 Å². The second-order valence-corrected chi connectivity index (χ2v) is 3.97. The fourth-order valence-electron chi connectivity index (χ4n) is 1.90. The third-order valence-electron chi connectivity index (χ3n) is 2.80. The second-order valence-electron chi connectivity index (χ2n) is 3.97. The van der Waals surface area contributed by atoms with Gasteiger partial charge in [-0.25, -0.2) is 5.10 Å². The Morgan fingerprint density at radius 3 is 2.72 bits per heavy atom. The predicted octanol–water partition coefficient (Wildman–Crippen LogP) is 2.24. The summed E-state index contributed by atoms with van der Waals surface area (Å²) < 4.78 is 0. The van der Waals surface area contributed by atoms with Gasteiger partial charge in [0, 0.05) is 23.0 Å². The van der Waals surface area contributed by atoms with Gasteiger partial charge in [-0.15, -0.1) is 5.10 Å². The van der Waals surface area contributed by atoms with Gasteiger partial charge in [0.15, 0.2) is 5.82 Å². The molecule has 5 heteroatoms. The van der Waals surface area contributed by atoms with Crippen LogP contribution in [-0.4, -0.2) is 25.6 Å². The highest BCUT2D eigenvalue weighted by atomic mass is 15.5. The standard InChI is InChI=1S/C13H11N5/c1-9-12(6-3-7-14-9)10-4-2-5-11(8-10)13-15-17-18-16-13/h2-8H,1H3,(H,15,16,17,18). The van der Waals surface area contributed by atoms with Gasteiger partial charge in [0.05, 0.1) is 0 Å². The number of benzene rings is 1. The number of rotatable bonds is 2. The number of aromatic amines is 1. The molecule has 18 heavy (non-hydrogen) atoms. The van der Waals surface area contributed by atoms with E-state index in [9.17, 15) is 0 Å². The lowest BCUT2D eigenvalue weighted by Gasteiger charge is -2.05. The molecule has 0 spiro atoms. The number of tetrazole rings is 1. The molecule has 0 saturated carbocycles. The molecule has 0 unspecified atom stereocenters. The molecule has 3 aromatic rings. The van der Waals surface area contributed by atoms with Gasteiger partial charge in [-0.05, 0) is 35.0 Å². The summed E-state index contributed by atoms with van der Waals surface area (Å²) in [4.78, 5) is 4.30. The van der Waals surface area contributed by atoms with Crippen molar-refractivity contribution in [2.45, 2.75) is 6.92 Å². The van der Waals surface area contributed by atoms with Crippen molar-refractivity contribution in [1.29, 1.82) is 0 Å². The molecule has 2 aromatic heterocycles. The molecule has 0 radical (unpaired) electrons. The molecule has 0 aliphatic rings. The van der Waals surface area contributed by atoms with Crippen molar-refractivity contribution in [1.82, 2.24) is 25.6 Å². The maximum absolute atomic E-state index is 4.30. The second kappa shape index (κ2) is 4.37. The minimum Gasteiger partial charge on any atom is -0.261 e. The van der Waals surface area contributed by atoms with Crippen LogP contribution in [0.25, 0.3) is 22.5 Å². The zero-order chi connectivity index (χ0) is 12.4. The summed E-state index contributed by atoms with van der Waals surface area (Å²) in [5, 5.41) is 13.8. The molecule has 2 heterocycles. The van der Waals surface area contributed by atoms with Gasteiger partial charge in [-0.3, -0.25) is 4.98 Å². The van der Waals surface area contributed by atoms with Crippen molar-refractivity contribution in [3.05, 3.63) is 48.3 Å². The van der Waals surface area contributed by atoms with Crippen LogP contribution in [0.15, 0.2) is 42.6 Å². The number of nitrogens with one attached hydrogen (secondary N) is 1. The maximum atomic E-state index is 4.30. The normalized spacial score (nSPS) is 10.5. The minimum absolute atomic E-state index is 0.665. The summed E-state index contributed by atoms with van der Waals surface area (Å²) in [6.07, 6.45) is 1.79. The van der Waals surface area contributed by atoms with Crippen LogP contribution in [-0.2, 0) is 0 Å². The molecule has 0 fully saturated rings. The van der Waals surface area contributed by atoms with Gasteiger partial charge in [-0.2, -0.15) is 0 Å². The summed E-state index contributed by atoms with van der Waals surface area (Å²) in [7, 11) is 0. The van der Waals surface area contributed by atoms with Gasteiger partial charge >= 0.3 is 0 Å². The Morgan fingerprint density at radius 1 is 1.06 bits per heavy atom. The van der Waals surface area contributed by atoms with Gasteiger partial charge < -0.3 is 0 Å². The number of hydrogen-bond acceptors (Lipinski definition) is 4. The Morgan fingerprint density at radius 2 is 1.94 bits per heavy atom. The van der Waals surface area contributed by atoms with Crippen molar-refractivity contribution in [2.75, 3.05) is 0 Å². The number of aryl methyl sites for hydroxylation is 1. The quantitative estimate of drug-likeness (QED) is 0.742. The van der Waals surface area contributed by atoms with Crippen LogP contribution < -0.4 is 0 Å². The van der Waals surface area contributed by atoms with E-state index >= 15 is 0 Å². The number of hydrogen-bond donors (Lipinski definition) is 1. The highest BCUT2D eigenvalue weighted by Crippen LogP contribution is 2.25. The molecular weight excluding hydrogens is 226 g/mol. The molecule has 0 bridgehead atoms. The first-order chi connectivity index (χ1) is 8.84. The average Bonchev–Trinajstić information content (AvgIpc) is 2.93. The minimum atomic E-state index is 0.665. The zero-order valence-electron chi connectivity index (χ0n) is 9.83. The van der Waals surface area contributed by atoms with Crippen molar-refractivity contribution < 1.29 is 0 Å². The molecule has 5 nitrogen and oxygen atoms in total. The van der Waals surface area contributed by atoms with Crippen molar-refractivity contribution in [3.63, 3.8) is 0 Å². The fraction of sp³-hybridized carbons (Fsp3) is 0.0769. The summed E-state index contributed by atoms with van der Waals surface area (Å²) in [6, 6.07) is 12.0. The first kappa shape index (κ1) is 10.6. The van der Waals surface area contributed by atoms with E-state index in [1.807, 2.05) is 31.2 Å². The van der Waals surface area contributed by atoms with Crippen LogP contribution in [0.4, 0.5) is 0 Å². The van der Waals surface area contributed by atoms with Gasteiger partial charge in [0.2, 0.25) is 0 Å². The fourth-order valence-corrected chi connectivity index (χ4v) is 1.90. The van der Waals surface area contributed by atoms with Gasteiger partial charge in [0.25, 0.3) is 0 Å². The molecule has 1 aromatic carbocycles. The third kappa shape index (κ3) is 1.86. The molecule has 0 atom stereocenters. The Hall–Kier alpha value is -2.56. The van der Waals surface area contributed by atoms with E-state index in [0.717, 1.165) is 22.4 Å². The number of H-pyrrole nitrogens is 1. The average molecular weight is 237 g/mol. The monoisotopic (exact) mass is 237 g/mol. The lowest BCUT2D eigenvalue weighted by Crippen LogP contribution is -1.88. The van der Waals surface area contributed by atoms with E-state index in [4.69, 9.17) is 0 Å². The number of nitrogens with zero attached hydrogens (tertiary/aromatic N) is 4. The molecule has 0 amide bonds. The molecule has 88 valence electrons. The number of aromatic nitrogens is 5. The Balaban J connectivity index is 2.10. The zero-order valence-corrected chi connectivity index (χ0v) is 9.83. The Kier molecular flexibility index (Phi) is 2.57. The highest BCUT2D eigenvalue weighted by molar-refractivity contribution is 5.71. The Bertz CT molecular complexity index is 661. The summed E-state index contributed by atoms with van der Waals surface area (Å²) in [5.74, 6) is 0.665. The van der Waals surface area contributed by atoms with Crippen LogP contribution in [0.3, 0.4) is 0 Å². The molecule has 1 N–H and O–H groups in total. The van der Waals surface area contributed by atoms with E-state index in [0.29, 0.717) is 5.82 Å². The van der Waals surface area contributed by atoms with E-state index in [1.54, 1.807) is 6.20 Å². The van der Waals surface area contributed by atoms with Crippen LogP contribution in [0.5, 0.6) is 0 Å². The molecule has 3 rings (SSSR count). The molecular formula is C13H11N5. The van der Waals surface area contributed by atoms with Crippen LogP contribution >= 0.6 is 0 Å². The van der Waals surface area contributed by atoms with E-state index in [-0.39, 0.29) is 0 Å². The summed E-state index contributed by atoms with van der Waals surface area (Å²) in [5.41, 5.74) is 4.19. The maximum Gasteiger partial charge on any atom is 0.179 e. The van der Waals surface area contributed by atoms with Crippen LogP contribution in [0.1, 0.15) is 5.69 Å². The first-order valence-corrected chi connectivity index (χ1v) is 5.61. The lowest BCUT2D eigenvalue weighted by molar-refractivity contribution is 0.881. The van der Waals surface area contributed by atoms with Gasteiger partial charge in [-0.1, -0.05) is 24.3 Å². The van der Waals surface area contributed by atoms with E-state index < -0.39 is 0 Å². The molecule has 0 aliphatic carbocycles. The SMILES string of the molecule is Cc1ncccc1-c1cccc(-c2nnn[nH]2)c1. The Labute approximate surface area is 104 Å². The first-order valence-electron chi connectivity index (χ1n) is 5.61. The van der Waals surface area contributed by atoms with E-state index in [2.05, 4.69) is 37.7 Å². The molecule has 0 saturated heterocycles. The third-order valence-corrected chi connectivity index (χ3v) is 2.80. The topological polar surface area (TPSA) is 67.3 Å². The number of pyridine rings is 1. The summed E-state index contributed by atoms with van der Waals surface area (Å²) in [6.45, 7) is 2.00. The highest BCUT2D eigenvalue weighted by Gasteiger charge is 2.06. The molecule has 0 aliphatic heterocycles. The predicted molar refractivity (Wildman–Crippen MR) is 67.6 cm³/mol. The van der Waals surface area contributed by atoms with Crippen LogP contribution in [0.2, 0.25) is 0 Å². The van der Waals surface area contributed by atoms with Crippen molar-refractivity contribution in [2.24, 2.45) is 0 Å². The van der Waals surface area contributed by atoms with Gasteiger partial charge in [0.1, 0.15) is 0 Å². The van der Waals surface area contributed by atoms with Crippen LogP contribution in [0, 0.1) is 6.92 Å². The lowest BCUT2D eigenvalue weighted by atomic mass is 10.0. The van der Waals surface area contributed by atoms with Crippen molar-refractivity contribution in [3.8, 4) is 22.5 Å². The van der Waals surface area contributed by atoms with E-state index in [1.165, 1.54) is 0 Å². The summed E-state index contributed by atoms with van der Waals surface area (Å²) >= 11 is 0. The smallest absolute Gasteiger partial charge is 0.179 e.